The van der Waals surface area contributed by atoms with Gasteiger partial charge in [-0.2, -0.15) is 0 Å². The van der Waals surface area contributed by atoms with Gasteiger partial charge in [0.2, 0.25) is 5.91 Å². The fourth-order valence-electron chi connectivity index (χ4n) is 2.31. The van der Waals surface area contributed by atoms with E-state index in [1.807, 2.05) is 54.8 Å². The van der Waals surface area contributed by atoms with E-state index in [1.165, 1.54) is 0 Å². The average Bonchev–Trinajstić information content (AvgIpc) is 3.05. The van der Waals surface area contributed by atoms with Crippen molar-refractivity contribution in [3.63, 3.8) is 0 Å². The van der Waals surface area contributed by atoms with Gasteiger partial charge in [-0.15, -0.1) is 11.3 Å². The summed E-state index contributed by atoms with van der Waals surface area (Å²) in [7, 11) is 0. The van der Waals surface area contributed by atoms with Gasteiger partial charge in [-0.05, 0) is 30.4 Å². The molecule has 21 heavy (non-hydrogen) atoms. The molecule has 0 aliphatic heterocycles. The minimum atomic E-state index is -0.129. The van der Waals surface area contributed by atoms with Crippen molar-refractivity contribution >= 4 is 17.2 Å². The fraction of sp³-hybridized carbons (Fsp3) is 0.353. The SMILES string of the molecule is CC(C(=O)NCC(CCO)c1ccccc1)c1cccs1. The van der Waals surface area contributed by atoms with Crippen molar-refractivity contribution < 1.29 is 9.90 Å². The highest BCUT2D eigenvalue weighted by Gasteiger charge is 2.18. The van der Waals surface area contributed by atoms with E-state index in [9.17, 15) is 9.90 Å². The van der Waals surface area contributed by atoms with Crippen LogP contribution in [-0.4, -0.2) is 24.2 Å². The van der Waals surface area contributed by atoms with Crippen LogP contribution >= 0.6 is 11.3 Å². The molecule has 3 nitrogen and oxygen atoms in total. The van der Waals surface area contributed by atoms with E-state index in [2.05, 4.69) is 5.32 Å². The second-order valence-corrected chi connectivity index (χ2v) is 6.08. The summed E-state index contributed by atoms with van der Waals surface area (Å²) in [5.41, 5.74) is 1.15. The molecule has 0 saturated heterocycles. The lowest BCUT2D eigenvalue weighted by Gasteiger charge is -2.18. The van der Waals surface area contributed by atoms with Gasteiger partial charge >= 0.3 is 0 Å². The topological polar surface area (TPSA) is 49.3 Å². The molecule has 1 amide bonds. The molecule has 2 unspecified atom stereocenters. The molecule has 0 spiro atoms. The number of amides is 1. The van der Waals surface area contributed by atoms with Crippen LogP contribution in [0.15, 0.2) is 47.8 Å². The van der Waals surface area contributed by atoms with Gasteiger partial charge in [0.05, 0.1) is 5.92 Å². The Bertz CT molecular complexity index is 539. The maximum Gasteiger partial charge on any atom is 0.228 e. The van der Waals surface area contributed by atoms with E-state index < -0.39 is 0 Å². The Hall–Kier alpha value is -1.65. The summed E-state index contributed by atoms with van der Waals surface area (Å²) in [5, 5.41) is 14.2. The fourth-order valence-corrected chi connectivity index (χ4v) is 3.09. The largest absolute Gasteiger partial charge is 0.396 e. The summed E-state index contributed by atoms with van der Waals surface area (Å²) in [6.07, 6.45) is 0.650. The van der Waals surface area contributed by atoms with Gasteiger partial charge in [0.1, 0.15) is 0 Å². The first kappa shape index (κ1) is 15.7. The average molecular weight is 303 g/mol. The second-order valence-electron chi connectivity index (χ2n) is 5.10. The van der Waals surface area contributed by atoms with Crippen LogP contribution in [0.25, 0.3) is 0 Å². The van der Waals surface area contributed by atoms with Crippen molar-refractivity contribution in [3.8, 4) is 0 Å². The van der Waals surface area contributed by atoms with Crippen molar-refractivity contribution in [1.82, 2.24) is 5.32 Å². The van der Waals surface area contributed by atoms with E-state index in [0.717, 1.165) is 10.4 Å². The van der Waals surface area contributed by atoms with Gasteiger partial charge in [0.15, 0.2) is 0 Å². The zero-order valence-corrected chi connectivity index (χ0v) is 13.0. The molecule has 0 radical (unpaired) electrons. The molecule has 0 aliphatic carbocycles. The molecule has 0 fully saturated rings. The Labute approximate surface area is 129 Å². The zero-order valence-electron chi connectivity index (χ0n) is 12.2. The maximum absolute atomic E-state index is 12.2. The molecule has 4 heteroatoms. The number of thiophene rings is 1. The molecule has 1 aromatic carbocycles. The van der Waals surface area contributed by atoms with Gasteiger partial charge in [-0.3, -0.25) is 4.79 Å². The summed E-state index contributed by atoms with van der Waals surface area (Å²) in [5.74, 6) is 0.0579. The number of aliphatic hydroxyl groups excluding tert-OH is 1. The highest BCUT2D eigenvalue weighted by Crippen LogP contribution is 2.22. The number of hydrogen-bond donors (Lipinski definition) is 2. The molecule has 2 N–H and O–H groups in total. The quantitative estimate of drug-likeness (QED) is 0.825. The highest BCUT2D eigenvalue weighted by molar-refractivity contribution is 7.10. The van der Waals surface area contributed by atoms with Crippen molar-refractivity contribution in [2.24, 2.45) is 0 Å². The molecule has 2 aromatic rings. The standard InChI is InChI=1S/C17H21NO2S/c1-13(16-8-5-11-21-16)17(20)18-12-15(9-10-19)14-6-3-2-4-7-14/h2-8,11,13,15,19H,9-10,12H2,1H3,(H,18,20). The summed E-state index contributed by atoms with van der Waals surface area (Å²) < 4.78 is 0. The summed E-state index contributed by atoms with van der Waals surface area (Å²) in [6, 6.07) is 14.0. The van der Waals surface area contributed by atoms with Crippen LogP contribution in [0.4, 0.5) is 0 Å². The number of rotatable bonds is 7. The van der Waals surface area contributed by atoms with Gasteiger partial charge in [-0.25, -0.2) is 0 Å². The molecule has 1 aromatic heterocycles. The number of carbonyl (C=O) groups is 1. The van der Waals surface area contributed by atoms with Gasteiger partial charge < -0.3 is 10.4 Å². The van der Waals surface area contributed by atoms with Crippen LogP contribution in [0.2, 0.25) is 0 Å². The lowest BCUT2D eigenvalue weighted by molar-refractivity contribution is -0.122. The van der Waals surface area contributed by atoms with E-state index >= 15 is 0 Å². The van der Waals surface area contributed by atoms with Crippen LogP contribution in [0.5, 0.6) is 0 Å². The predicted molar refractivity (Wildman–Crippen MR) is 86.6 cm³/mol. The maximum atomic E-state index is 12.2. The summed E-state index contributed by atoms with van der Waals surface area (Å²) >= 11 is 1.60. The monoisotopic (exact) mass is 303 g/mol. The Morgan fingerprint density at radius 3 is 2.62 bits per heavy atom. The van der Waals surface area contributed by atoms with Gasteiger partial charge in [0.25, 0.3) is 0 Å². The van der Waals surface area contributed by atoms with Gasteiger partial charge in [0, 0.05) is 23.9 Å². The second kappa shape index (κ2) is 7.96. The Balaban J connectivity index is 1.94. The molecule has 112 valence electrons. The highest BCUT2D eigenvalue weighted by atomic mass is 32.1. The zero-order chi connectivity index (χ0) is 15.1. The van der Waals surface area contributed by atoms with E-state index in [4.69, 9.17) is 0 Å². The van der Waals surface area contributed by atoms with Crippen LogP contribution in [0.3, 0.4) is 0 Å². The molecule has 2 atom stereocenters. The lowest BCUT2D eigenvalue weighted by atomic mass is 9.95. The first-order chi connectivity index (χ1) is 10.2. The number of carbonyl (C=O) groups excluding carboxylic acids is 1. The molecule has 0 saturated carbocycles. The Morgan fingerprint density at radius 2 is 2.00 bits per heavy atom. The third-order valence-electron chi connectivity index (χ3n) is 3.63. The van der Waals surface area contributed by atoms with Crippen molar-refractivity contribution in [2.45, 2.75) is 25.2 Å². The Kier molecular flexibility index (Phi) is 5.96. The summed E-state index contributed by atoms with van der Waals surface area (Å²) in [4.78, 5) is 13.3. The molecule has 0 aliphatic rings. The van der Waals surface area contributed by atoms with Crippen LogP contribution in [0.1, 0.15) is 35.6 Å². The molecular formula is C17H21NO2S. The van der Waals surface area contributed by atoms with Crippen molar-refractivity contribution in [1.29, 1.82) is 0 Å². The van der Waals surface area contributed by atoms with Gasteiger partial charge in [-0.1, -0.05) is 36.4 Å². The van der Waals surface area contributed by atoms with E-state index in [0.29, 0.717) is 13.0 Å². The number of hydrogen-bond acceptors (Lipinski definition) is 3. The third-order valence-corrected chi connectivity index (χ3v) is 4.69. The molecule has 0 bridgehead atoms. The van der Waals surface area contributed by atoms with E-state index in [-0.39, 0.29) is 24.3 Å². The minimum Gasteiger partial charge on any atom is -0.396 e. The van der Waals surface area contributed by atoms with Crippen LogP contribution in [-0.2, 0) is 4.79 Å². The first-order valence-corrected chi connectivity index (χ1v) is 8.07. The normalized spacial score (nSPS) is 13.6. The third kappa shape index (κ3) is 4.41. The molecular weight excluding hydrogens is 282 g/mol. The lowest BCUT2D eigenvalue weighted by Crippen LogP contribution is -2.31. The first-order valence-electron chi connectivity index (χ1n) is 7.19. The van der Waals surface area contributed by atoms with Crippen molar-refractivity contribution in [2.75, 3.05) is 13.2 Å². The molecule has 2 rings (SSSR count). The number of benzene rings is 1. The smallest absolute Gasteiger partial charge is 0.228 e. The number of aliphatic hydroxyl groups is 1. The Morgan fingerprint density at radius 1 is 1.24 bits per heavy atom. The van der Waals surface area contributed by atoms with Crippen LogP contribution < -0.4 is 5.32 Å². The minimum absolute atomic E-state index is 0.0383. The predicted octanol–water partition coefficient (Wildman–Crippen LogP) is 3.13. The van der Waals surface area contributed by atoms with Crippen molar-refractivity contribution in [3.05, 3.63) is 58.3 Å². The summed E-state index contributed by atoms with van der Waals surface area (Å²) in [6.45, 7) is 2.60. The van der Waals surface area contributed by atoms with E-state index in [1.54, 1.807) is 11.3 Å². The number of nitrogens with one attached hydrogen (secondary N) is 1. The van der Waals surface area contributed by atoms with Crippen LogP contribution in [0, 0.1) is 0 Å². The molecule has 1 heterocycles.